The molecular formula is C46H81O13P. The molecule has 6 N–H and O–H groups in total. The first-order valence-corrected chi connectivity index (χ1v) is 24.5. The first kappa shape index (κ1) is 55.8. The Bertz CT molecular complexity index is 1240. The highest BCUT2D eigenvalue weighted by Crippen LogP contribution is 2.47. The Kier molecular flexibility index (Phi) is 33.8. The topological polar surface area (TPSA) is 210 Å². The molecule has 1 aliphatic rings. The van der Waals surface area contributed by atoms with Crippen molar-refractivity contribution in [3.05, 3.63) is 48.6 Å². The molecule has 1 fully saturated rings. The Morgan fingerprint density at radius 3 is 1.48 bits per heavy atom. The van der Waals surface area contributed by atoms with E-state index in [9.17, 15) is 44.6 Å². The van der Waals surface area contributed by atoms with Crippen LogP contribution in [-0.2, 0) is 32.7 Å². The monoisotopic (exact) mass is 873 g/mol. The molecule has 7 unspecified atom stereocenters. The second kappa shape index (κ2) is 36.3. The molecule has 13 nitrogen and oxygen atoms in total. The van der Waals surface area contributed by atoms with Gasteiger partial charge in [0.05, 0.1) is 6.61 Å². The summed E-state index contributed by atoms with van der Waals surface area (Å²) < 4.78 is 33.5. The molecule has 8 atom stereocenters. The van der Waals surface area contributed by atoms with Crippen molar-refractivity contribution in [1.82, 2.24) is 0 Å². The highest BCUT2D eigenvalue weighted by Gasteiger charge is 2.51. The predicted octanol–water partition coefficient (Wildman–Crippen LogP) is 8.78. The molecular weight excluding hydrogens is 791 g/mol. The third kappa shape index (κ3) is 28.4. The van der Waals surface area contributed by atoms with Crippen LogP contribution in [0.1, 0.15) is 174 Å². The van der Waals surface area contributed by atoms with Gasteiger partial charge in [-0.15, -0.1) is 0 Å². The van der Waals surface area contributed by atoms with E-state index in [1.54, 1.807) is 0 Å². The predicted molar refractivity (Wildman–Crippen MR) is 235 cm³/mol. The number of carbonyl (C=O) groups excluding carboxylic acids is 2. The van der Waals surface area contributed by atoms with E-state index in [0.29, 0.717) is 12.8 Å². The lowest BCUT2D eigenvalue weighted by Crippen LogP contribution is -2.64. The van der Waals surface area contributed by atoms with Crippen LogP contribution in [0.15, 0.2) is 48.6 Å². The maximum Gasteiger partial charge on any atom is 0.472 e. The minimum atomic E-state index is -5.12. The van der Waals surface area contributed by atoms with Gasteiger partial charge in [0.2, 0.25) is 0 Å². The van der Waals surface area contributed by atoms with Gasteiger partial charge in [0, 0.05) is 12.8 Å². The molecule has 0 heterocycles. The summed E-state index contributed by atoms with van der Waals surface area (Å²) in [5, 5.41) is 50.1. The van der Waals surface area contributed by atoms with Crippen LogP contribution in [0.4, 0.5) is 0 Å². The summed E-state index contributed by atoms with van der Waals surface area (Å²) in [6, 6.07) is 0. The van der Waals surface area contributed by atoms with Gasteiger partial charge in [-0.3, -0.25) is 18.6 Å². The first-order chi connectivity index (χ1) is 28.9. The number of carbonyl (C=O) groups is 2. The summed E-state index contributed by atoms with van der Waals surface area (Å²) in [4.78, 5) is 35.7. The quantitative estimate of drug-likeness (QED) is 0.0114. The number of ether oxygens (including phenoxy) is 2. The van der Waals surface area contributed by atoms with Crippen LogP contribution in [0.25, 0.3) is 0 Å². The number of aliphatic hydroxyl groups excluding tert-OH is 5. The van der Waals surface area contributed by atoms with Crippen molar-refractivity contribution in [2.75, 3.05) is 13.2 Å². The molecule has 0 bridgehead atoms. The molecule has 0 aromatic rings. The van der Waals surface area contributed by atoms with E-state index in [4.69, 9.17) is 18.5 Å². The second-order valence-electron chi connectivity index (χ2n) is 15.9. The molecule has 14 heteroatoms. The van der Waals surface area contributed by atoms with Crippen molar-refractivity contribution in [3.8, 4) is 0 Å². The zero-order valence-electron chi connectivity index (χ0n) is 36.7. The smallest absolute Gasteiger partial charge is 0.462 e. The van der Waals surface area contributed by atoms with Gasteiger partial charge in [-0.1, -0.05) is 152 Å². The number of phosphoric ester groups is 1. The zero-order valence-corrected chi connectivity index (χ0v) is 37.6. The second-order valence-corrected chi connectivity index (χ2v) is 17.3. The van der Waals surface area contributed by atoms with Gasteiger partial charge in [0.1, 0.15) is 43.2 Å². The molecule has 0 spiro atoms. The highest BCUT2D eigenvalue weighted by molar-refractivity contribution is 7.47. The van der Waals surface area contributed by atoms with E-state index in [1.807, 2.05) is 24.3 Å². The van der Waals surface area contributed by atoms with E-state index in [2.05, 4.69) is 38.2 Å². The van der Waals surface area contributed by atoms with Crippen LogP contribution in [0.2, 0.25) is 0 Å². The van der Waals surface area contributed by atoms with Crippen LogP contribution >= 0.6 is 7.82 Å². The number of esters is 2. The molecule has 1 rings (SSSR count). The third-order valence-electron chi connectivity index (χ3n) is 10.5. The number of hydrogen-bond acceptors (Lipinski definition) is 12. The van der Waals surface area contributed by atoms with Gasteiger partial charge in [-0.05, 0) is 57.8 Å². The van der Waals surface area contributed by atoms with Gasteiger partial charge >= 0.3 is 19.8 Å². The van der Waals surface area contributed by atoms with Crippen LogP contribution in [0.3, 0.4) is 0 Å². The van der Waals surface area contributed by atoms with E-state index >= 15 is 0 Å². The molecule has 1 aliphatic carbocycles. The van der Waals surface area contributed by atoms with Gasteiger partial charge in [0.15, 0.2) is 6.10 Å². The van der Waals surface area contributed by atoms with Gasteiger partial charge < -0.3 is 39.9 Å². The summed E-state index contributed by atoms with van der Waals surface area (Å²) in [7, 11) is -5.12. The third-order valence-corrected chi connectivity index (χ3v) is 11.5. The molecule has 0 aromatic heterocycles. The van der Waals surface area contributed by atoms with E-state index in [1.165, 1.54) is 57.8 Å². The van der Waals surface area contributed by atoms with Crippen LogP contribution < -0.4 is 0 Å². The summed E-state index contributed by atoms with van der Waals surface area (Å²) >= 11 is 0. The van der Waals surface area contributed by atoms with Crippen LogP contribution in [-0.4, -0.2) is 98.3 Å². The Morgan fingerprint density at radius 2 is 0.967 bits per heavy atom. The molecule has 348 valence electrons. The lowest BCUT2D eigenvalue weighted by Gasteiger charge is -2.41. The summed E-state index contributed by atoms with van der Waals surface area (Å²) in [5.74, 6) is -1.13. The molecule has 0 radical (unpaired) electrons. The van der Waals surface area contributed by atoms with Gasteiger partial charge in [-0.25, -0.2) is 4.57 Å². The molecule has 0 aliphatic heterocycles. The number of phosphoric acid groups is 1. The fourth-order valence-electron chi connectivity index (χ4n) is 6.75. The van der Waals surface area contributed by atoms with E-state index < -0.39 is 75.7 Å². The van der Waals surface area contributed by atoms with Crippen LogP contribution in [0.5, 0.6) is 0 Å². The molecule has 0 aromatic carbocycles. The average Bonchev–Trinajstić information content (AvgIpc) is 3.23. The Hall–Kier alpha value is -2.19. The fraction of sp³-hybridized carbons (Fsp3) is 0.783. The van der Waals surface area contributed by atoms with Crippen molar-refractivity contribution in [2.45, 2.75) is 217 Å². The van der Waals surface area contributed by atoms with Gasteiger partial charge in [0.25, 0.3) is 0 Å². The molecule has 0 saturated heterocycles. The Balaban J connectivity index is 2.46. The minimum Gasteiger partial charge on any atom is -0.462 e. The van der Waals surface area contributed by atoms with Crippen molar-refractivity contribution >= 4 is 19.8 Å². The van der Waals surface area contributed by atoms with Crippen molar-refractivity contribution < 1.29 is 63.1 Å². The lowest BCUT2D eigenvalue weighted by molar-refractivity contribution is -0.220. The number of aliphatic hydroxyl groups is 5. The van der Waals surface area contributed by atoms with E-state index in [0.717, 1.165) is 77.0 Å². The average molecular weight is 873 g/mol. The van der Waals surface area contributed by atoms with Crippen LogP contribution in [0, 0.1) is 0 Å². The van der Waals surface area contributed by atoms with Crippen molar-refractivity contribution in [2.24, 2.45) is 0 Å². The fourth-order valence-corrected chi connectivity index (χ4v) is 7.72. The minimum absolute atomic E-state index is 0.0708. The molecule has 1 saturated carbocycles. The molecule has 0 amide bonds. The zero-order chi connectivity index (χ0) is 44.3. The lowest BCUT2D eigenvalue weighted by atomic mass is 9.85. The maximum absolute atomic E-state index is 12.8. The number of rotatable bonds is 37. The normalized spacial score (nSPS) is 22.6. The number of unbranched alkanes of at least 4 members (excludes halogenated alkanes) is 19. The standard InChI is InChI=1S/C46H81O13P/c1-3-5-7-9-11-13-15-17-18-19-20-21-23-24-26-28-30-32-34-39(47)56-36-38(37-57-60(54,55)59-46-44(52)42(50)41(49)43(51)45(46)53)58-40(48)35-33-31-29-27-25-22-16-14-12-10-8-6-4-2/h6,8,10,12,14,16,20-21,38,41-46,49-53H,3-5,7,9,11,13,15,17-19,22-37H2,1-2H3,(H,54,55)/b8-6+,12-10+,16-14+,21-20+/t38?,41?,42-,43?,44?,45?,46?/m0/s1. The first-order valence-electron chi connectivity index (χ1n) is 23.0. The number of hydrogen-bond donors (Lipinski definition) is 6. The SMILES string of the molecule is CC/C=C/C=C/C=C/CCCCCCCC(=O)OC(COC(=O)CCCCCCC/C=C/CCCCCCCCCCC)COP(=O)(O)OC1C(O)C(O)C(O)[C@H](O)C1O. The number of allylic oxidation sites excluding steroid dienone is 8. The maximum atomic E-state index is 12.8. The van der Waals surface area contributed by atoms with Crippen molar-refractivity contribution in [1.29, 1.82) is 0 Å². The van der Waals surface area contributed by atoms with E-state index in [-0.39, 0.29) is 12.8 Å². The summed E-state index contributed by atoms with van der Waals surface area (Å²) in [6.07, 6.45) is 28.9. The highest BCUT2D eigenvalue weighted by atomic mass is 31.2. The largest absolute Gasteiger partial charge is 0.472 e. The Labute approximate surface area is 360 Å². The molecule has 60 heavy (non-hydrogen) atoms. The summed E-state index contributed by atoms with van der Waals surface area (Å²) in [6.45, 7) is 3.14. The summed E-state index contributed by atoms with van der Waals surface area (Å²) in [5.41, 5.74) is 0. The van der Waals surface area contributed by atoms with Gasteiger partial charge in [-0.2, -0.15) is 0 Å². The van der Waals surface area contributed by atoms with Crippen molar-refractivity contribution in [3.63, 3.8) is 0 Å². The Morgan fingerprint density at radius 1 is 0.533 bits per heavy atom.